The normalized spacial score (nSPS) is 25.6. The van der Waals surface area contributed by atoms with E-state index in [4.69, 9.17) is 0 Å². The first kappa shape index (κ1) is 13.3. The maximum atomic E-state index is 4.18. The summed E-state index contributed by atoms with van der Waals surface area (Å²) in [6.07, 6.45) is 8.75. The Morgan fingerprint density at radius 3 is 3.00 bits per heavy atom. The smallest absolute Gasteiger partial charge is 0.0315 e. The molecule has 1 aliphatic carbocycles. The van der Waals surface area contributed by atoms with Gasteiger partial charge in [0.2, 0.25) is 0 Å². The topological polar surface area (TPSA) is 24.9 Å². The Balaban J connectivity index is 1.83. The number of pyridine rings is 1. The average Bonchev–Trinajstić information content (AvgIpc) is 2.36. The lowest BCUT2D eigenvalue weighted by Crippen LogP contribution is -2.28. The molecule has 1 aliphatic rings. The van der Waals surface area contributed by atoms with Gasteiger partial charge in [-0.15, -0.1) is 0 Å². The predicted molar refractivity (Wildman–Crippen MR) is 76.3 cm³/mol. The fourth-order valence-corrected chi connectivity index (χ4v) is 2.94. The first-order chi connectivity index (χ1) is 8.65. The molecule has 0 aromatic carbocycles. The van der Waals surface area contributed by atoms with Crippen LogP contribution in [-0.4, -0.2) is 11.5 Å². The molecule has 1 aromatic rings. The zero-order valence-corrected chi connectivity index (χ0v) is 11.7. The number of hydrogen-bond acceptors (Lipinski definition) is 2. The molecule has 1 heterocycles. The van der Waals surface area contributed by atoms with Crippen LogP contribution in [0.2, 0.25) is 0 Å². The molecule has 0 radical (unpaired) electrons. The van der Waals surface area contributed by atoms with Crippen LogP contribution in [0.15, 0.2) is 36.2 Å². The molecule has 2 rings (SSSR count). The Labute approximate surface area is 111 Å². The van der Waals surface area contributed by atoms with Crippen molar-refractivity contribution in [3.8, 4) is 0 Å². The van der Waals surface area contributed by atoms with Crippen molar-refractivity contribution in [1.29, 1.82) is 0 Å². The molecule has 2 heteroatoms. The number of allylic oxidation sites excluding steroid dienone is 2. The molecule has 18 heavy (non-hydrogen) atoms. The maximum Gasteiger partial charge on any atom is 0.0315 e. The van der Waals surface area contributed by atoms with Gasteiger partial charge in [-0.05, 0) is 56.7 Å². The molecule has 1 N–H and O–H groups in total. The molecule has 1 aromatic heterocycles. The van der Waals surface area contributed by atoms with Crippen molar-refractivity contribution >= 4 is 0 Å². The van der Waals surface area contributed by atoms with E-state index in [9.17, 15) is 0 Å². The maximum absolute atomic E-state index is 4.18. The van der Waals surface area contributed by atoms with Gasteiger partial charge in [0.1, 0.15) is 0 Å². The van der Waals surface area contributed by atoms with Crippen LogP contribution in [0.3, 0.4) is 0 Å². The molecule has 0 amide bonds. The average molecular weight is 244 g/mol. The van der Waals surface area contributed by atoms with Gasteiger partial charge in [0.25, 0.3) is 0 Å². The van der Waals surface area contributed by atoms with Gasteiger partial charge in [0.15, 0.2) is 0 Å². The lowest BCUT2D eigenvalue weighted by atomic mass is 9.83. The third kappa shape index (κ3) is 3.67. The molecular weight excluding hydrogens is 220 g/mol. The van der Waals surface area contributed by atoms with Crippen molar-refractivity contribution in [2.75, 3.05) is 6.54 Å². The van der Waals surface area contributed by atoms with Crippen LogP contribution in [0.4, 0.5) is 0 Å². The van der Waals surface area contributed by atoms with Gasteiger partial charge in [-0.25, -0.2) is 0 Å². The van der Waals surface area contributed by atoms with Crippen LogP contribution in [0.1, 0.15) is 45.2 Å². The van der Waals surface area contributed by atoms with Gasteiger partial charge in [-0.1, -0.05) is 24.6 Å². The summed E-state index contributed by atoms with van der Waals surface area (Å²) in [6.45, 7) is 7.89. The molecular formula is C16H24N2. The molecule has 98 valence electrons. The summed E-state index contributed by atoms with van der Waals surface area (Å²) < 4.78 is 0. The number of aromatic nitrogens is 1. The quantitative estimate of drug-likeness (QED) is 0.816. The number of hydrogen-bond donors (Lipinski definition) is 1. The Morgan fingerprint density at radius 1 is 1.50 bits per heavy atom. The minimum Gasteiger partial charge on any atom is -0.310 e. The van der Waals surface area contributed by atoms with Gasteiger partial charge >= 0.3 is 0 Å². The van der Waals surface area contributed by atoms with E-state index in [0.29, 0.717) is 6.04 Å². The SMILES string of the molecule is CC1=CC(C)CC(CNC(C)c2cccnc2)C1. The van der Waals surface area contributed by atoms with Crippen LogP contribution in [0.5, 0.6) is 0 Å². The first-order valence-electron chi connectivity index (χ1n) is 6.95. The van der Waals surface area contributed by atoms with Gasteiger partial charge in [0.05, 0.1) is 0 Å². The molecule has 3 unspecified atom stereocenters. The lowest BCUT2D eigenvalue weighted by molar-refractivity contribution is 0.366. The fraction of sp³-hybridized carbons (Fsp3) is 0.562. The fourth-order valence-electron chi connectivity index (χ4n) is 2.94. The van der Waals surface area contributed by atoms with Crippen LogP contribution in [0.25, 0.3) is 0 Å². The lowest BCUT2D eigenvalue weighted by Gasteiger charge is -2.27. The number of nitrogens with one attached hydrogen (secondary N) is 1. The molecule has 3 atom stereocenters. The summed E-state index contributed by atoms with van der Waals surface area (Å²) in [5.74, 6) is 1.52. The van der Waals surface area contributed by atoms with E-state index in [-0.39, 0.29) is 0 Å². The van der Waals surface area contributed by atoms with E-state index in [2.05, 4.69) is 43.2 Å². The van der Waals surface area contributed by atoms with Crippen molar-refractivity contribution in [3.05, 3.63) is 41.7 Å². The number of rotatable bonds is 4. The highest BCUT2D eigenvalue weighted by Gasteiger charge is 2.18. The summed E-state index contributed by atoms with van der Waals surface area (Å²) in [6, 6.07) is 4.53. The minimum absolute atomic E-state index is 0.389. The zero-order valence-electron chi connectivity index (χ0n) is 11.7. The van der Waals surface area contributed by atoms with Crippen molar-refractivity contribution in [3.63, 3.8) is 0 Å². The highest BCUT2D eigenvalue weighted by atomic mass is 14.9. The van der Waals surface area contributed by atoms with Crippen LogP contribution in [0, 0.1) is 11.8 Å². The van der Waals surface area contributed by atoms with E-state index in [1.807, 2.05) is 18.5 Å². The molecule has 0 aliphatic heterocycles. The van der Waals surface area contributed by atoms with Crippen LogP contribution in [-0.2, 0) is 0 Å². The molecule has 0 saturated carbocycles. The third-order valence-corrected chi connectivity index (χ3v) is 3.78. The molecule has 2 nitrogen and oxygen atoms in total. The van der Waals surface area contributed by atoms with E-state index in [1.165, 1.54) is 18.4 Å². The zero-order chi connectivity index (χ0) is 13.0. The second kappa shape index (κ2) is 6.14. The monoisotopic (exact) mass is 244 g/mol. The molecule has 0 spiro atoms. The largest absolute Gasteiger partial charge is 0.310 e. The van der Waals surface area contributed by atoms with E-state index >= 15 is 0 Å². The van der Waals surface area contributed by atoms with Gasteiger partial charge in [-0.2, -0.15) is 0 Å². The highest BCUT2D eigenvalue weighted by molar-refractivity contribution is 5.13. The van der Waals surface area contributed by atoms with Crippen molar-refractivity contribution in [1.82, 2.24) is 10.3 Å². The Kier molecular flexibility index (Phi) is 4.54. The Bertz CT molecular complexity index is 397. The summed E-state index contributed by atoms with van der Waals surface area (Å²) >= 11 is 0. The third-order valence-electron chi connectivity index (χ3n) is 3.78. The second-order valence-electron chi connectivity index (χ2n) is 5.71. The second-order valence-corrected chi connectivity index (χ2v) is 5.71. The van der Waals surface area contributed by atoms with Crippen molar-refractivity contribution < 1.29 is 0 Å². The molecule has 0 saturated heterocycles. The van der Waals surface area contributed by atoms with E-state index in [0.717, 1.165) is 18.4 Å². The number of nitrogens with zero attached hydrogens (tertiary/aromatic N) is 1. The van der Waals surface area contributed by atoms with Gasteiger partial charge in [0, 0.05) is 18.4 Å². The highest BCUT2D eigenvalue weighted by Crippen LogP contribution is 2.27. The van der Waals surface area contributed by atoms with Crippen molar-refractivity contribution in [2.24, 2.45) is 11.8 Å². The summed E-state index contributed by atoms with van der Waals surface area (Å²) in [7, 11) is 0. The van der Waals surface area contributed by atoms with Crippen LogP contribution < -0.4 is 5.32 Å². The Morgan fingerprint density at radius 2 is 2.33 bits per heavy atom. The molecule has 0 bridgehead atoms. The summed E-state index contributed by atoms with van der Waals surface area (Å²) in [4.78, 5) is 4.18. The van der Waals surface area contributed by atoms with Gasteiger partial charge < -0.3 is 5.32 Å². The van der Waals surface area contributed by atoms with Crippen molar-refractivity contribution in [2.45, 2.75) is 39.7 Å². The standard InChI is InChI=1S/C16H24N2/c1-12-7-13(2)9-15(8-12)10-18-14(3)16-5-4-6-17-11-16/h4-7,11-12,14-15,18H,8-10H2,1-3H3. The Hall–Kier alpha value is -1.15. The van der Waals surface area contributed by atoms with E-state index < -0.39 is 0 Å². The summed E-state index contributed by atoms with van der Waals surface area (Å²) in [5.41, 5.74) is 2.82. The predicted octanol–water partition coefficient (Wildman–Crippen LogP) is 3.72. The van der Waals surface area contributed by atoms with Crippen LogP contribution >= 0.6 is 0 Å². The molecule has 0 fully saturated rings. The first-order valence-corrected chi connectivity index (χ1v) is 6.95. The minimum atomic E-state index is 0.389. The van der Waals surface area contributed by atoms with E-state index in [1.54, 1.807) is 5.57 Å². The van der Waals surface area contributed by atoms with Gasteiger partial charge in [-0.3, -0.25) is 4.98 Å². The summed E-state index contributed by atoms with van der Waals surface area (Å²) in [5, 5.41) is 3.64.